The summed E-state index contributed by atoms with van der Waals surface area (Å²) in [5.41, 5.74) is 0. The average molecular weight is 346 g/mol. The summed E-state index contributed by atoms with van der Waals surface area (Å²) in [7, 11) is -3.11. The maximum Gasteiger partial charge on any atom is 0.219 e. The Morgan fingerprint density at radius 2 is 1.91 bits per heavy atom. The lowest BCUT2D eigenvalue weighted by Crippen LogP contribution is -2.43. The summed E-state index contributed by atoms with van der Waals surface area (Å²) in [5, 5.41) is 0. The molecular formula is C15H30N4O3S. The Morgan fingerprint density at radius 3 is 2.57 bits per heavy atom. The SMILES string of the molecule is CC(=O)N1CCCN([C@H]2CN(CCNS(C)(=O)=O)C[C@@H]2C)CC1. The highest BCUT2D eigenvalue weighted by Gasteiger charge is 2.34. The minimum Gasteiger partial charge on any atom is -0.342 e. The van der Waals surface area contributed by atoms with E-state index in [0.29, 0.717) is 18.5 Å². The van der Waals surface area contributed by atoms with Crippen molar-refractivity contribution >= 4 is 15.9 Å². The van der Waals surface area contributed by atoms with Crippen LogP contribution >= 0.6 is 0 Å². The van der Waals surface area contributed by atoms with Gasteiger partial charge in [-0.15, -0.1) is 0 Å². The van der Waals surface area contributed by atoms with Crippen molar-refractivity contribution in [3.05, 3.63) is 0 Å². The second-order valence-electron chi connectivity index (χ2n) is 6.87. The highest BCUT2D eigenvalue weighted by molar-refractivity contribution is 7.88. The van der Waals surface area contributed by atoms with Crippen LogP contribution in [0.1, 0.15) is 20.3 Å². The zero-order chi connectivity index (χ0) is 17.0. The number of carbonyl (C=O) groups is 1. The molecule has 2 saturated heterocycles. The number of amides is 1. The summed E-state index contributed by atoms with van der Waals surface area (Å²) in [5.74, 6) is 0.733. The van der Waals surface area contributed by atoms with Crippen LogP contribution in [0.25, 0.3) is 0 Å². The summed E-state index contributed by atoms with van der Waals surface area (Å²) in [4.78, 5) is 18.3. The number of hydrogen-bond donors (Lipinski definition) is 1. The molecule has 0 aliphatic carbocycles. The largest absolute Gasteiger partial charge is 0.342 e. The monoisotopic (exact) mass is 346 g/mol. The van der Waals surface area contributed by atoms with Crippen LogP contribution in [0.3, 0.4) is 0 Å². The molecule has 0 aromatic carbocycles. The Hall–Kier alpha value is -0.700. The maximum atomic E-state index is 11.5. The molecule has 0 aromatic heterocycles. The molecule has 0 unspecified atom stereocenters. The molecule has 8 heteroatoms. The van der Waals surface area contributed by atoms with Crippen LogP contribution in [0.5, 0.6) is 0 Å². The van der Waals surface area contributed by atoms with Crippen molar-refractivity contribution in [3.63, 3.8) is 0 Å². The van der Waals surface area contributed by atoms with Gasteiger partial charge < -0.3 is 9.80 Å². The molecule has 2 fully saturated rings. The predicted molar refractivity (Wildman–Crippen MR) is 90.7 cm³/mol. The second kappa shape index (κ2) is 7.92. The number of rotatable bonds is 5. The van der Waals surface area contributed by atoms with Gasteiger partial charge in [0.15, 0.2) is 0 Å². The first-order valence-corrected chi connectivity index (χ1v) is 10.3. The lowest BCUT2D eigenvalue weighted by atomic mass is 10.0. The summed E-state index contributed by atoms with van der Waals surface area (Å²) in [6.07, 6.45) is 2.22. The molecule has 2 atom stereocenters. The molecule has 1 amide bonds. The Labute approximate surface area is 140 Å². The predicted octanol–water partition coefficient (Wildman–Crippen LogP) is -0.590. The molecule has 2 aliphatic heterocycles. The molecule has 2 rings (SSSR count). The van der Waals surface area contributed by atoms with Gasteiger partial charge in [-0.2, -0.15) is 0 Å². The van der Waals surface area contributed by atoms with Gasteiger partial charge in [0, 0.05) is 65.3 Å². The van der Waals surface area contributed by atoms with Crippen molar-refractivity contribution in [1.29, 1.82) is 0 Å². The topological polar surface area (TPSA) is 73.0 Å². The molecule has 7 nitrogen and oxygen atoms in total. The van der Waals surface area contributed by atoms with Gasteiger partial charge in [0.2, 0.25) is 15.9 Å². The molecule has 2 heterocycles. The fourth-order valence-corrected chi connectivity index (χ4v) is 4.14. The maximum absolute atomic E-state index is 11.5. The first-order valence-electron chi connectivity index (χ1n) is 8.43. The molecule has 0 aromatic rings. The summed E-state index contributed by atoms with van der Waals surface area (Å²) >= 11 is 0. The number of nitrogens with zero attached hydrogens (tertiary/aromatic N) is 3. The van der Waals surface area contributed by atoms with Crippen molar-refractivity contribution < 1.29 is 13.2 Å². The molecule has 0 radical (unpaired) electrons. The van der Waals surface area contributed by atoms with E-state index < -0.39 is 10.0 Å². The van der Waals surface area contributed by atoms with Gasteiger partial charge >= 0.3 is 0 Å². The molecule has 1 N–H and O–H groups in total. The van der Waals surface area contributed by atoms with E-state index in [0.717, 1.165) is 52.2 Å². The Kier molecular flexibility index (Phi) is 6.41. The minimum atomic E-state index is -3.11. The van der Waals surface area contributed by atoms with Crippen LogP contribution in [-0.4, -0.2) is 93.7 Å². The zero-order valence-electron chi connectivity index (χ0n) is 14.5. The normalized spacial score (nSPS) is 28.0. The number of nitrogens with one attached hydrogen (secondary N) is 1. The third kappa shape index (κ3) is 5.70. The van der Waals surface area contributed by atoms with Gasteiger partial charge in [0.25, 0.3) is 0 Å². The van der Waals surface area contributed by atoms with Gasteiger partial charge in [0.1, 0.15) is 0 Å². The lowest BCUT2D eigenvalue weighted by molar-refractivity contribution is -0.128. The Morgan fingerprint density at radius 1 is 1.17 bits per heavy atom. The van der Waals surface area contributed by atoms with Gasteiger partial charge in [-0.05, 0) is 12.3 Å². The molecule has 134 valence electrons. The number of carbonyl (C=O) groups excluding carboxylic acids is 1. The number of hydrogen-bond acceptors (Lipinski definition) is 5. The standard InChI is InChI=1S/C15H30N4O3S/c1-13-11-17(8-5-16-23(3,21)22)12-15(13)19-7-4-6-18(9-10-19)14(2)20/h13,15-16H,4-12H2,1-3H3/t13-,15-/m0/s1. The van der Waals surface area contributed by atoms with E-state index >= 15 is 0 Å². The van der Waals surface area contributed by atoms with Crippen LogP contribution in [0.4, 0.5) is 0 Å². The first-order chi connectivity index (χ1) is 10.8. The van der Waals surface area contributed by atoms with Gasteiger partial charge in [-0.25, -0.2) is 13.1 Å². The van der Waals surface area contributed by atoms with Crippen molar-refractivity contribution in [2.75, 3.05) is 58.6 Å². The summed E-state index contributed by atoms with van der Waals surface area (Å²) in [6.45, 7) is 10.8. The molecule has 2 aliphatic rings. The zero-order valence-corrected chi connectivity index (χ0v) is 15.3. The Bertz CT molecular complexity index is 511. The van der Waals surface area contributed by atoms with Crippen molar-refractivity contribution in [2.45, 2.75) is 26.3 Å². The molecule has 23 heavy (non-hydrogen) atoms. The van der Waals surface area contributed by atoms with E-state index in [1.807, 2.05) is 4.90 Å². The van der Waals surface area contributed by atoms with Crippen molar-refractivity contribution in [2.24, 2.45) is 5.92 Å². The van der Waals surface area contributed by atoms with Gasteiger partial charge in [-0.3, -0.25) is 9.69 Å². The van der Waals surface area contributed by atoms with Crippen molar-refractivity contribution in [3.8, 4) is 0 Å². The highest BCUT2D eigenvalue weighted by atomic mass is 32.2. The third-order valence-electron chi connectivity index (χ3n) is 4.89. The van der Waals surface area contributed by atoms with Crippen LogP contribution in [0, 0.1) is 5.92 Å². The van der Waals surface area contributed by atoms with Crippen molar-refractivity contribution in [1.82, 2.24) is 19.4 Å². The molecule has 0 saturated carbocycles. The van der Waals surface area contributed by atoms with Gasteiger partial charge in [0.05, 0.1) is 6.26 Å². The van der Waals surface area contributed by atoms with E-state index in [4.69, 9.17) is 0 Å². The first kappa shape index (κ1) is 18.6. The molecular weight excluding hydrogens is 316 g/mol. The van der Waals surface area contributed by atoms with Gasteiger partial charge in [-0.1, -0.05) is 6.92 Å². The number of sulfonamides is 1. The fourth-order valence-electron chi connectivity index (χ4n) is 3.68. The lowest BCUT2D eigenvalue weighted by Gasteiger charge is -2.30. The van der Waals surface area contributed by atoms with Crippen LogP contribution in [-0.2, 0) is 14.8 Å². The quantitative estimate of drug-likeness (QED) is 0.720. The van der Waals surface area contributed by atoms with E-state index in [9.17, 15) is 13.2 Å². The number of likely N-dealkylation sites (tertiary alicyclic amines) is 1. The second-order valence-corrected chi connectivity index (χ2v) is 8.70. The van der Waals surface area contributed by atoms with E-state index in [1.54, 1.807) is 6.92 Å². The van der Waals surface area contributed by atoms with Crippen LogP contribution < -0.4 is 4.72 Å². The van der Waals surface area contributed by atoms with Crippen LogP contribution in [0.2, 0.25) is 0 Å². The van der Waals surface area contributed by atoms with E-state index in [-0.39, 0.29) is 5.91 Å². The third-order valence-corrected chi connectivity index (χ3v) is 5.61. The summed E-state index contributed by atoms with van der Waals surface area (Å²) < 4.78 is 24.8. The minimum absolute atomic E-state index is 0.166. The van der Waals surface area contributed by atoms with E-state index in [1.165, 1.54) is 6.26 Å². The summed E-state index contributed by atoms with van der Waals surface area (Å²) in [6, 6.07) is 0.500. The van der Waals surface area contributed by atoms with E-state index in [2.05, 4.69) is 21.4 Å². The van der Waals surface area contributed by atoms with Crippen LogP contribution in [0.15, 0.2) is 0 Å². The Balaban J connectivity index is 1.82. The average Bonchev–Trinajstić information content (AvgIpc) is 2.66. The smallest absolute Gasteiger partial charge is 0.219 e. The fraction of sp³-hybridized carbons (Fsp3) is 0.933. The molecule has 0 bridgehead atoms. The molecule has 0 spiro atoms. The highest BCUT2D eigenvalue weighted by Crippen LogP contribution is 2.22.